The van der Waals surface area contributed by atoms with Crippen molar-refractivity contribution < 1.29 is 0 Å². The van der Waals surface area contributed by atoms with E-state index in [1.807, 2.05) is 0 Å². The van der Waals surface area contributed by atoms with Crippen molar-refractivity contribution in [1.29, 1.82) is 0 Å². The first-order valence-electron chi connectivity index (χ1n) is 10.8. The van der Waals surface area contributed by atoms with Crippen molar-refractivity contribution in [2.45, 2.75) is 58.2 Å². The lowest BCUT2D eigenvalue weighted by Crippen LogP contribution is -2.48. The van der Waals surface area contributed by atoms with Crippen LogP contribution in [-0.4, -0.2) is 67.1 Å². The Labute approximate surface area is 165 Å². The van der Waals surface area contributed by atoms with E-state index in [4.69, 9.17) is 4.99 Å². The van der Waals surface area contributed by atoms with Crippen LogP contribution in [0.3, 0.4) is 0 Å². The molecule has 3 rings (SSSR count). The topological polar surface area (TPSA) is 42.9 Å². The lowest BCUT2D eigenvalue weighted by molar-refractivity contribution is 0.198. The van der Waals surface area contributed by atoms with Gasteiger partial charge in [-0.1, -0.05) is 37.3 Å². The second-order valence-corrected chi connectivity index (χ2v) is 7.82. The van der Waals surface area contributed by atoms with Gasteiger partial charge in [-0.2, -0.15) is 0 Å². The van der Waals surface area contributed by atoms with Crippen LogP contribution in [0, 0.1) is 0 Å². The first kappa shape index (κ1) is 20.2. The standard InChI is InChI=1S/C22H37N5/c1-3-23-22(24-17-21-11-8-14-27(21)4-2)25-20-12-15-26(16-13-20)18-19-9-6-5-7-10-19/h5-7,9-10,20-21H,3-4,8,11-18H2,1-2H3,(H2,23,24,25). The van der Waals surface area contributed by atoms with E-state index in [-0.39, 0.29) is 0 Å². The molecule has 5 nitrogen and oxygen atoms in total. The molecular weight excluding hydrogens is 334 g/mol. The fraction of sp³-hybridized carbons (Fsp3) is 0.682. The highest BCUT2D eigenvalue weighted by atomic mass is 15.2. The predicted octanol–water partition coefficient (Wildman–Crippen LogP) is 2.69. The maximum Gasteiger partial charge on any atom is 0.191 e. The number of rotatable bonds is 7. The SMILES string of the molecule is CCNC(=NCC1CCCN1CC)NC1CCN(Cc2ccccc2)CC1. The average Bonchev–Trinajstić information content (AvgIpc) is 3.16. The molecule has 27 heavy (non-hydrogen) atoms. The van der Waals surface area contributed by atoms with Gasteiger partial charge in [0.05, 0.1) is 6.54 Å². The molecule has 1 aromatic carbocycles. The molecule has 150 valence electrons. The molecule has 0 aromatic heterocycles. The van der Waals surface area contributed by atoms with Crippen LogP contribution in [-0.2, 0) is 6.54 Å². The van der Waals surface area contributed by atoms with Crippen molar-refractivity contribution >= 4 is 5.96 Å². The molecule has 0 saturated carbocycles. The van der Waals surface area contributed by atoms with E-state index in [1.54, 1.807) is 0 Å². The van der Waals surface area contributed by atoms with Gasteiger partial charge < -0.3 is 10.6 Å². The van der Waals surface area contributed by atoms with E-state index in [9.17, 15) is 0 Å². The van der Waals surface area contributed by atoms with Crippen LogP contribution in [0.15, 0.2) is 35.3 Å². The lowest BCUT2D eigenvalue weighted by atomic mass is 10.0. The van der Waals surface area contributed by atoms with Crippen LogP contribution in [0.4, 0.5) is 0 Å². The highest BCUT2D eigenvalue weighted by Crippen LogP contribution is 2.17. The number of hydrogen-bond acceptors (Lipinski definition) is 3. The maximum atomic E-state index is 4.91. The summed E-state index contributed by atoms with van der Waals surface area (Å²) in [5, 5.41) is 7.14. The minimum Gasteiger partial charge on any atom is -0.357 e. The molecule has 0 aliphatic carbocycles. The average molecular weight is 372 g/mol. The summed E-state index contributed by atoms with van der Waals surface area (Å²) in [6, 6.07) is 12.0. The number of likely N-dealkylation sites (tertiary alicyclic amines) is 2. The summed E-state index contributed by atoms with van der Waals surface area (Å²) in [7, 11) is 0. The molecule has 2 aliphatic heterocycles. The number of likely N-dealkylation sites (N-methyl/N-ethyl adjacent to an activating group) is 1. The summed E-state index contributed by atoms with van der Waals surface area (Å²) < 4.78 is 0. The van der Waals surface area contributed by atoms with Crippen molar-refractivity contribution in [3.8, 4) is 0 Å². The van der Waals surface area contributed by atoms with Crippen LogP contribution in [0.25, 0.3) is 0 Å². The smallest absolute Gasteiger partial charge is 0.191 e. The molecule has 2 heterocycles. The van der Waals surface area contributed by atoms with E-state index < -0.39 is 0 Å². The van der Waals surface area contributed by atoms with Gasteiger partial charge in [-0.15, -0.1) is 0 Å². The molecule has 0 bridgehead atoms. The maximum absolute atomic E-state index is 4.91. The zero-order chi connectivity index (χ0) is 18.9. The Morgan fingerprint density at radius 3 is 2.56 bits per heavy atom. The lowest BCUT2D eigenvalue weighted by Gasteiger charge is -2.33. The molecule has 0 spiro atoms. The first-order valence-corrected chi connectivity index (χ1v) is 10.8. The minimum atomic E-state index is 0.528. The molecule has 0 radical (unpaired) electrons. The number of hydrogen-bond donors (Lipinski definition) is 2. The van der Waals surface area contributed by atoms with Gasteiger partial charge in [0.25, 0.3) is 0 Å². The zero-order valence-electron chi connectivity index (χ0n) is 17.2. The monoisotopic (exact) mass is 371 g/mol. The molecule has 5 heteroatoms. The summed E-state index contributed by atoms with van der Waals surface area (Å²) in [6.45, 7) is 12.0. The Kier molecular flexibility index (Phi) is 7.96. The summed E-state index contributed by atoms with van der Waals surface area (Å²) >= 11 is 0. The first-order chi connectivity index (χ1) is 13.3. The van der Waals surface area contributed by atoms with Crippen molar-refractivity contribution in [1.82, 2.24) is 20.4 Å². The third-order valence-corrected chi connectivity index (χ3v) is 5.89. The highest BCUT2D eigenvalue weighted by Gasteiger charge is 2.23. The molecule has 2 fully saturated rings. The fourth-order valence-electron chi connectivity index (χ4n) is 4.31. The molecule has 1 atom stereocenters. The summed E-state index contributed by atoms with van der Waals surface area (Å²) in [5.41, 5.74) is 1.41. The number of aliphatic imine (C=N–C) groups is 1. The van der Waals surface area contributed by atoms with Gasteiger partial charge in [0, 0.05) is 38.3 Å². The molecule has 2 aliphatic rings. The molecule has 1 aromatic rings. The number of piperidine rings is 1. The summed E-state index contributed by atoms with van der Waals surface area (Å²) in [5.74, 6) is 1.00. The summed E-state index contributed by atoms with van der Waals surface area (Å²) in [6.07, 6.45) is 4.97. The molecule has 1 unspecified atom stereocenters. The normalized spacial score (nSPS) is 22.9. The Hall–Kier alpha value is -1.59. The number of nitrogens with one attached hydrogen (secondary N) is 2. The second kappa shape index (κ2) is 10.7. The van der Waals surface area contributed by atoms with Crippen molar-refractivity contribution in [2.75, 3.05) is 39.3 Å². The van der Waals surface area contributed by atoms with Crippen molar-refractivity contribution in [2.24, 2.45) is 4.99 Å². The number of benzene rings is 1. The fourth-order valence-corrected chi connectivity index (χ4v) is 4.31. The number of nitrogens with zero attached hydrogens (tertiary/aromatic N) is 3. The Bertz CT molecular complexity index is 565. The second-order valence-electron chi connectivity index (χ2n) is 7.82. The van der Waals surface area contributed by atoms with Gasteiger partial charge >= 0.3 is 0 Å². The third kappa shape index (κ3) is 6.22. The molecule has 0 amide bonds. The largest absolute Gasteiger partial charge is 0.357 e. The van der Waals surface area contributed by atoms with Crippen LogP contribution in [0.1, 0.15) is 45.1 Å². The summed E-state index contributed by atoms with van der Waals surface area (Å²) in [4.78, 5) is 10.0. The van der Waals surface area contributed by atoms with Crippen LogP contribution in [0.5, 0.6) is 0 Å². The Morgan fingerprint density at radius 1 is 1.07 bits per heavy atom. The van der Waals surface area contributed by atoms with Gasteiger partial charge in [0.15, 0.2) is 5.96 Å². The zero-order valence-corrected chi connectivity index (χ0v) is 17.2. The van der Waals surface area contributed by atoms with Crippen LogP contribution >= 0.6 is 0 Å². The van der Waals surface area contributed by atoms with Gasteiger partial charge in [0.1, 0.15) is 0 Å². The van der Waals surface area contributed by atoms with Gasteiger partial charge in [0.2, 0.25) is 0 Å². The van der Waals surface area contributed by atoms with E-state index in [2.05, 4.69) is 64.6 Å². The minimum absolute atomic E-state index is 0.528. The molecule has 2 N–H and O–H groups in total. The quantitative estimate of drug-likeness (QED) is 0.571. The van der Waals surface area contributed by atoms with E-state index in [0.29, 0.717) is 12.1 Å². The molecular formula is C22H37N5. The van der Waals surface area contributed by atoms with Crippen molar-refractivity contribution in [3.05, 3.63) is 35.9 Å². The van der Waals surface area contributed by atoms with Crippen molar-refractivity contribution in [3.63, 3.8) is 0 Å². The number of guanidine groups is 1. The molecule has 2 saturated heterocycles. The Morgan fingerprint density at radius 2 is 1.85 bits per heavy atom. The van der Waals surface area contributed by atoms with E-state index in [0.717, 1.165) is 45.2 Å². The van der Waals surface area contributed by atoms with E-state index >= 15 is 0 Å². The Balaban J connectivity index is 1.45. The van der Waals surface area contributed by atoms with E-state index in [1.165, 1.54) is 37.8 Å². The third-order valence-electron chi connectivity index (χ3n) is 5.89. The van der Waals surface area contributed by atoms with Crippen LogP contribution in [0.2, 0.25) is 0 Å². The highest BCUT2D eigenvalue weighted by molar-refractivity contribution is 5.80. The van der Waals surface area contributed by atoms with Gasteiger partial charge in [-0.05, 0) is 51.3 Å². The van der Waals surface area contributed by atoms with Gasteiger partial charge in [-0.25, -0.2) is 0 Å². The van der Waals surface area contributed by atoms with Gasteiger partial charge in [-0.3, -0.25) is 14.8 Å². The van der Waals surface area contributed by atoms with Crippen LogP contribution < -0.4 is 10.6 Å². The predicted molar refractivity (Wildman–Crippen MR) is 114 cm³/mol.